The van der Waals surface area contributed by atoms with Crippen LogP contribution in [0.15, 0.2) is 164 Å². The van der Waals surface area contributed by atoms with Gasteiger partial charge in [-0.1, -0.05) is 151 Å². The number of fused-ring (bicyclic) bond motifs is 1. The van der Waals surface area contributed by atoms with Crippen molar-refractivity contribution in [2.45, 2.75) is 26.0 Å². The van der Waals surface area contributed by atoms with Crippen molar-refractivity contribution >= 4 is 10.9 Å². The van der Waals surface area contributed by atoms with E-state index in [1.54, 1.807) is 4.80 Å². The van der Waals surface area contributed by atoms with Gasteiger partial charge in [-0.25, -0.2) is 0 Å². The molecule has 0 saturated carbocycles. The molecule has 0 unspecified atom stereocenters. The SMILES string of the molecule is Cc1ccc2nc(C)cc(OCc3ccc(-c4ccccc4-c4nnn(C(c5ccccc5)(c5ccccc5)c5ccccc5)n4)cc3)c2c1. The van der Waals surface area contributed by atoms with Crippen LogP contribution in [0.1, 0.15) is 33.5 Å². The van der Waals surface area contributed by atoms with E-state index in [2.05, 4.69) is 139 Å². The van der Waals surface area contributed by atoms with E-state index >= 15 is 0 Å². The van der Waals surface area contributed by atoms with Gasteiger partial charge in [0.2, 0.25) is 5.82 Å². The molecule has 6 heteroatoms. The van der Waals surface area contributed by atoms with Crippen LogP contribution in [0.25, 0.3) is 33.4 Å². The summed E-state index contributed by atoms with van der Waals surface area (Å²) >= 11 is 0. The van der Waals surface area contributed by atoms with E-state index in [1.165, 1.54) is 5.56 Å². The highest BCUT2D eigenvalue weighted by Crippen LogP contribution is 2.40. The van der Waals surface area contributed by atoms with E-state index in [-0.39, 0.29) is 0 Å². The van der Waals surface area contributed by atoms with E-state index in [0.717, 1.165) is 61.3 Å². The number of benzene rings is 6. The maximum atomic E-state index is 6.35. The predicted octanol–water partition coefficient (Wildman–Crippen LogP) is 9.59. The number of nitrogens with zero attached hydrogens (tertiary/aromatic N) is 5. The summed E-state index contributed by atoms with van der Waals surface area (Å²) in [5, 5.41) is 15.7. The summed E-state index contributed by atoms with van der Waals surface area (Å²) in [5.41, 5.74) is 9.38. The lowest BCUT2D eigenvalue weighted by atomic mass is 9.77. The lowest BCUT2D eigenvalue weighted by Crippen LogP contribution is -2.39. The second-order valence-corrected chi connectivity index (χ2v) is 12.5. The topological polar surface area (TPSA) is 65.7 Å². The van der Waals surface area contributed by atoms with Gasteiger partial charge in [-0.05, 0) is 64.6 Å². The molecule has 50 heavy (non-hydrogen) atoms. The molecule has 0 atom stereocenters. The van der Waals surface area contributed by atoms with Crippen molar-refractivity contribution in [2.24, 2.45) is 0 Å². The highest BCUT2D eigenvalue weighted by molar-refractivity contribution is 5.86. The molecular formula is C44H35N5O. The maximum Gasteiger partial charge on any atom is 0.205 e. The fourth-order valence-electron chi connectivity index (χ4n) is 6.77. The van der Waals surface area contributed by atoms with Crippen molar-refractivity contribution in [3.63, 3.8) is 0 Å². The van der Waals surface area contributed by atoms with Crippen molar-refractivity contribution in [2.75, 3.05) is 0 Å². The van der Waals surface area contributed by atoms with Gasteiger partial charge in [0, 0.05) is 22.7 Å². The Hall–Kier alpha value is -6.40. The standard InChI is InChI=1S/C44H35N5O/c1-31-22-27-41-40(28-31)42(29-32(2)45-41)50-30-33-23-25-34(26-24-33)38-20-12-13-21-39(38)43-46-48-49(47-43)44(35-14-6-3-7-15-35,36-16-8-4-9-17-36)37-18-10-5-11-19-37/h3-29H,30H2,1-2H3. The summed E-state index contributed by atoms with van der Waals surface area (Å²) in [5.74, 6) is 1.40. The lowest BCUT2D eigenvalue weighted by Gasteiger charge is -2.34. The van der Waals surface area contributed by atoms with Crippen molar-refractivity contribution in [3.8, 4) is 28.3 Å². The average Bonchev–Trinajstić information content (AvgIpc) is 3.66. The van der Waals surface area contributed by atoms with Crippen molar-refractivity contribution < 1.29 is 4.74 Å². The molecule has 0 N–H and O–H groups in total. The Morgan fingerprint density at radius 3 is 1.80 bits per heavy atom. The number of tetrazole rings is 1. The van der Waals surface area contributed by atoms with Crippen molar-refractivity contribution in [3.05, 3.63) is 197 Å². The molecule has 242 valence electrons. The van der Waals surface area contributed by atoms with E-state index in [9.17, 15) is 0 Å². The van der Waals surface area contributed by atoms with Crippen LogP contribution in [0, 0.1) is 13.8 Å². The second-order valence-electron chi connectivity index (χ2n) is 12.5. The molecule has 8 aromatic rings. The zero-order valence-corrected chi connectivity index (χ0v) is 27.9. The normalized spacial score (nSPS) is 11.5. The first-order valence-electron chi connectivity index (χ1n) is 16.8. The van der Waals surface area contributed by atoms with Crippen molar-refractivity contribution in [1.29, 1.82) is 0 Å². The van der Waals surface area contributed by atoms with Gasteiger partial charge >= 0.3 is 0 Å². The summed E-state index contributed by atoms with van der Waals surface area (Å²) in [4.78, 5) is 6.44. The molecule has 6 aromatic carbocycles. The molecule has 0 fully saturated rings. The number of aryl methyl sites for hydroxylation is 2. The number of pyridine rings is 1. The molecule has 0 amide bonds. The second kappa shape index (κ2) is 13.2. The van der Waals surface area contributed by atoms with Gasteiger partial charge < -0.3 is 4.74 Å². The Morgan fingerprint density at radius 2 is 1.18 bits per heavy atom. The summed E-state index contributed by atoms with van der Waals surface area (Å²) in [6.07, 6.45) is 0. The summed E-state index contributed by atoms with van der Waals surface area (Å²) < 4.78 is 6.35. The maximum absolute atomic E-state index is 6.35. The zero-order valence-electron chi connectivity index (χ0n) is 27.9. The zero-order chi connectivity index (χ0) is 33.9. The van der Waals surface area contributed by atoms with Crippen LogP contribution in [0.4, 0.5) is 0 Å². The third kappa shape index (κ3) is 5.71. The van der Waals surface area contributed by atoms with Gasteiger partial charge in [-0.2, -0.15) is 0 Å². The first-order valence-corrected chi connectivity index (χ1v) is 16.8. The summed E-state index contributed by atoms with van der Waals surface area (Å²) in [7, 11) is 0. The molecule has 0 aliphatic carbocycles. The molecule has 0 spiro atoms. The van der Waals surface area contributed by atoms with Gasteiger partial charge in [0.1, 0.15) is 12.4 Å². The molecule has 2 heterocycles. The molecular weight excluding hydrogens is 615 g/mol. The first kappa shape index (κ1) is 30.9. The molecule has 0 radical (unpaired) electrons. The summed E-state index contributed by atoms with van der Waals surface area (Å²) in [6.45, 7) is 4.53. The number of aromatic nitrogens is 5. The Labute approximate surface area is 291 Å². The molecule has 8 rings (SSSR count). The molecule has 2 aromatic heterocycles. The van der Waals surface area contributed by atoms with Crippen LogP contribution in [-0.4, -0.2) is 25.2 Å². The van der Waals surface area contributed by atoms with Crippen LogP contribution in [0.5, 0.6) is 5.75 Å². The summed E-state index contributed by atoms with van der Waals surface area (Å²) in [6, 6.07) is 56.2. The van der Waals surface area contributed by atoms with Gasteiger partial charge in [0.25, 0.3) is 0 Å². The number of hydrogen-bond donors (Lipinski definition) is 0. The number of rotatable bonds is 9. The van der Waals surface area contributed by atoms with E-state index in [0.29, 0.717) is 12.4 Å². The van der Waals surface area contributed by atoms with Gasteiger partial charge in [-0.3, -0.25) is 4.98 Å². The van der Waals surface area contributed by atoms with Crippen LogP contribution in [-0.2, 0) is 12.1 Å². The van der Waals surface area contributed by atoms with Crippen LogP contribution in [0.3, 0.4) is 0 Å². The van der Waals surface area contributed by atoms with Crippen LogP contribution < -0.4 is 4.74 Å². The van der Waals surface area contributed by atoms with E-state index in [4.69, 9.17) is 20.1 Å². The quantitative estimate of drug-likeness (QED) is 0.146. The minimum atomic E-state index is -0.844. The monoisotopic (exact) mass is 649 g/mol. The Kier molecular flexibility index (Phi) is 8.19. The first-order chi connectivity index (χ1) is 24.6. The molecule has 0 saturated heterocycles. The molecule has 6 nitrogen and oxygen atoms in total. The Balaban J connectivity index is 1.14. The highest BCUT2D eigenvalue weighted by Gasteiger charge is 2.41. The molecule has 0 aliphatic rings. The molecule has 0 aliphatic heterocycles. The van der Waals surface area contributed by atoms with Gasteiger partial charge in [0.15, 0.2) is 5.54 Å². The third-order valence-electron chi connectivity index (χ3n) is 9.17. The Morgan fingerprint density at radius 1 is 0.600 bits per heavy atom. The van der Waals surface area contributed by atoms with Gasteiger partial charge in [-0.15, -0.1) is 15.0 Å². The number of ether oxygens (including phenoxy) is 1. The fourth-order valence-corrected chi connectivity index (χ4v) is 6.77. The highest BCUT2D eigenvalue weighted by atomic mass is 16.5. The Bertz CT molecular complexity index is 2290. The fraction of sp³-hybridized carbons (Fsp3) is 0.0909. The average molecular weight is 650 g/mol. The minimum Gasteiger partial charge on any atom is -0.488 e. The lowest BCUT2D eigenvalue weighted by molar-refractivity contribution is 0.309. The van der Waals surface area contributed by atoms with Crippen LogP contribution >= 0.6 is 0 Å². The minimum absolute atomic E-state index is 0.449. The largest absolute Gasteiger partial charge is 0.488 e. The van der Waals surface area contributed by atoms with E-state index in [1.807, 2.05) is 43.3 Å². The van der Waals surface area contributed by atoms with Crippen molar-refractivity contribution in [1.82, 2.24) is 25.2 Å². The third-order valence-corrected chi connectivity index (χ3v) is 9.17. The molecule has 0 bridgehead atoms. The van der Waals surface area contributed by atoms with Crippen LogP contribution in [0.2, 0.25) is 0 Å². The number of hydrogen-bond acceptors (Lipinski definition) is 5. The predicted molar refractivity (Wildman–Crippen MR) is 199 cm³/mol. The smallest absolute Gasteiger partial charge is 0.205 e. The van der Waals surface area contributed by atoms with Gasteiger partial charge in [0.05, 0.1) is 5.52 Å². The van der Waals surface area contributed by atoms with E-state index < -0.39 is 5.54 Å².